The number of nitrogens with zero attached hydrogens (tertiary/aromatic N) is 2. The summed E-state index contributed by atoms with van der Waals surface area (Å²) < 4.78 is 10.3. The number of ether oxygens (including phenoxy) is 1. The summed E-state index contributed by atoms with van der Waals surface area (Å²) in [7, 11) is 0. The Hall–Kier alpha value is -3.49. The number of fused-ring (bicyclic) bond motifs is 1. The summed E-state index contributed by atoms with van der Waals surface area (Å²) in [6, 6.07) is 5.76. The summed E-state index contributed by atoms with van der Waals surface area (Å²) in [5.41, 5.74) is 0.604. The Morgan fingerprint density at radius 1 is 1.16 bits per heavy atom. The zero-order valence-electron chi connectivity index (χ0n) is 18.1. The zero-order valence-corrected chi connectivity index (χ0v) is 18.1. The summed E-state index contributed by atoms with van der Waals surface area (Å²) in [6.45, 7) is 3.40. The van der Waals surface area contributed by atoms with Crippen molar-refractivity contribution in [2.45, 2.75) is 64.5 Å². The molecule has 9 heteroatoms. The number of esters is 1. The minimum atomic E-state index is -1.05. The van der Waals surface area contributed by atoms with Crippen LogP contribution in [0, 0.1) is 6.92 Å². The summed E-state index contributed by atoms with van der Waals surface area (Å²) in [4.78, 5) is 52.2. The van der Waals surface area contributed by atoms with Crippen LogP contribution in [0.1, 0.15) is 82.3 Å². The van der Waals surface area contributed by atoms with E-state index in [9.17, 15) is 19.2 Å². The lowest BCUT2D eigenvalue weighted by Crippen LogP contribution is -2.40. The van der Waals surface area contributed by atoms with Crippen molar-refractivity contribution in [2.24, 2.45) is 0 Å². The van der Waals surface area contributed by atoms with Crippen molar-refractivity contribution in [2.75, 3.05) is 5.32 Å². The SMILES string of the molecule is CCC(OC(=O)c1ccc2c(c1)C(=O)N(C1CCCCC1)C2=O)C(=O)Nc1cc(C)on1. The third kappa shape index (κ3) is 4.15. The fraction of sp³-hybridized carbons (Fsp3) is 0.435. The Morgan fingerprint density at radius 3 is 2.53 bits per heavy atom. The van der Waals surface area contributed by atoms with E-state index in [0.29, 0.717) is 11.3 Å². The number of nitrogens with one attached hydrogen (secondary N) is 1. The van der Waals surface area contributed by atoms with Crippen molar-refractivity contribution in [1.82, 2.24) is 10.1 Å². The van der Waals surface area contributed by atoms with Gasteiger partial charge in [0.2, 0.25) is 0 Å². The van der Waals surface area contributed by atoms with Crippen LogP contribution in [0.2, 0.25) is 0 Å². The minimum absolute atomic E-state index is 0.0973. The van der Waals surface area contributed by atoms with Gasteiger partial charge in [-0.05, 0) is 44.4 Å². The molecular weight excluding hydrogens is 414 g/mol. The number of amides is 3. The highest BCUT2D eigenvalue weighted by atomic mass is 16.5. The first-order valence-electron chi connectivity index (χ1n) is 10.9. The molecule has 1 saturated carbocycles. The number of anilines is 1. The van der Waals surface area contributed by atoms with Gasteiger partial charge >= 0.3 is 5.97 Å². The molecule has 3 amide bonds. The molecule has 32 heavy (non-hydrogen) atoms. The molecule has 0 bridgehead atoms. The van der Waals surface area contributed by atoms with Crippen LogP contribution in [0.25, 0.3) is 0 Å². The van der Waals surface area contributed by atoms with E-state index < -0.39 is 18.0 Å². The first-order valence-corrected chi connectivity index (χ1v) is 10.9. The zero-order chi connectivity index (χ0) is 22.8. The van der Waals surface area contributed by atoms with Crippen molar-refractivity contribution in [3.05, 3.63) is 46.7 Å². The highest BCUT2D eigenvalue weighted by Crippen LogP contribution is 2.31. The van der Waals surface area contributed by atoms with Crippen LogP contribution in [0.3, 0.4) is 0 Å². The highest BCUT2D eigenvalue weighted by molar-refractivity contribution is 6.22. The summed E-state index contributed by atoms with van der Waals surface area (Å²) >= 11 is 0. The summed E-state index contributed by atoms with van der Waals surface area (Å²) in [5, 5.41) is 6.23. The maximum absolute atomic E-state index is 12.9. The van der Waals surface area contributed by atoms with Gasteiger partial charge in [-0.3, -0.25) is 19.3 Å². The van der Waals surface area contributed by atoms with Crippen molar-refractivity contribution in [1.29, 1.82) is 0 Å². The van der Waals surface area contributed by atoms with Gasteiger partial charge in [-0.2, -0.15) is 0 Å². The van der Waals surface area contributed by atoms with E-state index in [1.54, 1.807) is 19.9 Å². The fourth-order valence-electron chi connectivity index (χ4n) is 4.21. The molecule has 2 aliphatic rings. The average Bonchev–Trinajstić information content (AvgIpc) is 3.32. The van der Waals surface area contributed by atoms with Crippen LogP contribution < -0.4 is 5.32 Å². The molecule has 9 nitrogen and oxygen atoms in total. The number of imide groups is 1. The molecule has 0 spiro atoms. The molecule has 1 aliphatic heterocycles. The molecule has 1 unspecified atom stereocenters. The number of hydrogen-bond donors (Lipinski definition) is 1. The van der Waals surface area contributed by atoms with Gasteiger partial charge < -0.3 is 14.6 Å². The number of carbonyl (C=O) groups is 4. The van der Waals surface area contributed by atoms with Gasteiger partial charge in [-0.25, -0.2) is 4.79 Å². The van der Waals surface area contributed by atoms with E-state index >= 15 is 0 Å². The average molecular weight is 439 g/mol. The van der Waals surface area contributed by atoms with Crippen LogP contribution in [0.4, 0.5) is 5.82 Å². The molecule has 1 aromatic carbocycles. The topological polar surface area (TPSA) is 119 Å². The normalized spacial score (nSPS) is 17.2. The molecule has 168 valence electrons. The Bertz CT molecular complexity index is 1070. The summed E-state index contributed by atoms with van der Waals surface area (Å²) in [6.07, 6.45) is 3.89. The molecule has 0 radical (unpaired) electrons. The van der Waals surface area contributed by atoms with Gasteiger partial charge in [-0.1, -0.05) is 31.3 Å². The van der Waals surface area contributed by atoms with Crippen molar-refractivity contribution < 1.29 is 28.4 Å². The van der Waals surface area contributed by atoms with Crippen LogP contribution in [-0.4, -0.2) is 45.9 Å². The van der Waals surface area contributed by atoms with Crippen LogP contribution in [0.15, 0.2) is 28.8 Å². The van der Waals surface area contributed by atoms with E-state index in [2.05, 4.69) is 10.5 Å². The molecule has 1 fully saturated rings. The third-order valence-corrected chi connectivity index (χ3v) is 5.89. The van der Waals surface area contributed by atoms with Crippen LogP contribution in [-0.2, 0) is 9.53 Å². The molecule has 4 rings (SSSR count). The maximum Gasteiger partial charge on any atom is 0.338 e. The Kier molecular flexibility index (Phi) is 6.07. The Morgan fingerprint density at radius 2 is 1.88 bits per heavy atom. The minimum Gasteiger partial charge on any atom is -0.449 e. The van der Waals surface area contributed by atoms with Gasteiger partial charge in [0, 0.05) is 12.1 Å². The molecule has 0 saturated heterocycles. The second-order valence-corrected chi connectivity index (χ2v) is 8.15. The number of benzene rings is 1. The summed E-state index contributed by atoms with van der Waals surface area (Å²) in [5.74, 6) is -1.22. The van der Waals surface area contributed by atoms with Crippen molar-refractivity contribution in [3.63, 3.8) is 0 Å². The number of aromatic nitrogens is 1. The quantitative estimate of drug-likeness (QED) is 0.540. The highest BCUT2D eigenvalue weighted by Gasteiger charge is 2.40. The largest absolute Gasteiger partial charge is 0.449 e. The third-order valence-electron chi connectivity index (χ3n) is 5.89. The van der Waals surface area contributed by atoms with Gasteiger partial charge in [0.15, 0.2) is 11.9 Å². The van der Waals surface area contributed by atoms with E-state index in [1.807, 2.05) is 0 Å². The molecule has 2 heterocycles. The van der Waals surface area contributed by atoms with Crippen LogP contribution >= 0.6 is 0 Å². The van der Waals surface area contributed by atoms with Gasteiger partial charge in [0.1, 0.15) is 5.76 Å². The molecule has 1 N–H and O–H groups in total. The maximum atomic E-state index is 12.9. The molecule has 2 aromatic rings. The Labute approximate surface area is 185 Å². The molecule has 1 aromatic heterocycles. The van der Waals surface area contributed by atoms with Crippen LogP contribution in [0.5, 0.6) is 0 Å². The number of carbonyl (C=O) groups excluding carboxylic acids is 4. The first-order chi connectivity index (χ1) is 15.4. The Balaban J connectivity index is 1.47. The molecule has 1 aliphatic carbocycles. The number of aryl methyl sites for hydroxylation is 1. The van der Waals surface area contributed by atoms with E-state index in [0.717, 1.165) is 32.1 Å². The van der Waals surface area contributed by atoms with E-state index in [-0.39, 0.29) is 41.2 Å². The predicted octanol–water partition coefficient (Wildman–Crippen LogP) is 3.49. The number of hydrogen-bond acceptors (Lipinski definition) is 7. The molecule has 1 atom stereocenters. The van der Waals surface area contributed by atoms with Gasteiger partial charge in [0.05, 0.1) is 16.7 Å². The second-order valence-electron chi connectivity index (χ2n) is 8.15. The lowest BCUT2D eigenvalue weighted by atomic mass is 9.94. The lowest BCUT2D eigenvalue weighted by molar-refractivity contribution is -0.124. The smallest absolute Gasteiger partial charge is 0.338 e. The second kappa shape index (κ2) is 8.94. The molecular formula is C23H25N3O6. The monoisotopic (exact) mass is 439 g/mol. The first kappa shape index (κ1) is 21.7. The standard InChI is InChI=1S/C23H25N3O6/c1-3-18(20(27)24-19-11-13(2)32-25-19)31-23(30)14-9-10-16-17(12-14)22(29)26(21(16)28)15-7-5-4-6-8-15/h9-12,15,18H,3-8H2,1-2H3,(H,24,25,27). The number of rotatable bonds is 6. The van der Waals surface area contributed by atoms with Gasteiger partial charge in [0.25, 0.3) is 17.7 Å². The predicted molar refractivity (Wildman–Crippen MR) is 113 cm³/mol. The van der Waals surface area contributed by atoms with Gasteiger partial charge in [-0.15, -0.1) is 0 Å². The van der Waals surface area contributed by atoms with E-state index in [1.165, 1.54) is 23.1 Å². The lowest BCUT2D eigenvalue weighted by Gasteiger charge is -2.29. The van der Waals surface area contributed by atoms with Crippen molar-refractivity contribution in [3.8, 4) is 0 Å². The van der Waals surface area contributed by atoms with Crippen molar-refractivity contribution >= 4 is 29.5 Å². The van der Waals surface area contributed by atoms with E-state index in [4.69, 9.17) is 9.26 Å². The fourth-order valence-corrected chi connectivity index (χ4v) is 4.21.